The molecule has 0 radical (unpaired) electrons. The van der Waals surface area contributed by atoms with Gasteiger partial charge in [-0.15, -0.1) is 0 Å². The molecule has 1 aliphatic rings. The van der Waals surface area contributed by atoms with E-state index in [1.165, 1.54) is 25.0 Å². The lowest BCUT2D eigenvalue weighted by Crippen LogP contribution is -2.31. The molecule has 3 aromatic heterocycles. The number of nitrogens with zero attached hydrogens (tertiary/aromatic N) is 6. The minimum atomic E-state index is -0.376. The Morgan fingerprint density at radius 1 is 1.14 bits per heavy atom. The summed E-state index contributed by atoms with van der Waals surface area (Å²) in [4.78, 5) is 24.2. The van der Waals surface area contributed by atoms with E-state index in [1.807, 2.05) is 0 Å². The van der Waals surface area contributed by atoms with Gasteiger partial charge < -0.3 is 20.7 Å². The molecule has 216 valence electrons. The Balaban J connectivity index is 1.19. The average Bonchev–Trinajstić information content (AvgIpc) is 3.59. The largest absolute Gasteiger partial charge is 0.439 e. The predicted molar refractivity (Wildman–Crippen MR) is 155 cm³/mol. The molecule has 1 aliphatic heterocycles. The molecule has 4 heterocycles. The molecule has 6 rings (SSSR count). The van der Waals surface area contributed by atoms with Crippen molar-refractivity contribution in [3.63, 3.8) is 0 Å². The second kappa shape index (κ2) is 12.0. The Morgan fingerprint density at radius 3 is 2.71 bits per heavy atom. The fourth-order valence-electron chi connectivity index (χ4n) is 5.25. The number of hydrogen-bond acceptors (Lipinski definition) is 9. The van der Waals surface area contributed by atoms with Gasteiger partial charge >= 0.3 is 0 Å². The number of halogens is 1. The Kier molecular flexibility index (Phi) is 7.78. The van der Waals surface area contributed by atoms with Crippen LogP contribution in [0.15, 0.2) is 65.4 Å². The van der Waals surface area contributed by atoms with Crippen LogP contribution in [0.25, 0.3) is 28.2 Å². The van der Waals surface area contributed by atoms with Crippen molar-refractivity contribution >= 4 is 22.8 Å². The van der Waals surface area contributed by atoms with Crippen LogP contribution >= 0.6 is 0 Å². The summed E-state index contributed by atoms with van der Waals surface area (Å²) in [5.74, 6) is 1.36. The van der Waals surface area contributed by atoms with E-state index < -0.39 is 0 Å². The first-order valence-corrected chi connectivity index (χ1v) is 13.9. The molecule has 42 heavy (non-hydrogen) atoms. The summed E-state index contributed by atoms with van der Waals surface area (Å²) in [6.07, 6.45) is 6.09. The molecule has 12 heteroatoms. The third kappa shape index (κ3) is 5.93. The van der Waals surface area contributed by atoms with Gasteiger partial charge in [0.25, 0.3) is 5.91 Å². The van der Waals surface area contributed by atoms with Gasteiger partial charge in [0.15, 0.2) is 17.3 Å². The zero-order valence-electron chi connectivity index (χ0n) is 23.2. The molecule has 1 saturated heterocycles. The number of imidazole rings is 1. The normalized spacial score (nSPS) is 14.3. The van der Waals surface area contributed by atoms with Crippen LogP contribution in [-0.2, 0) is 0 Å². The number of piperidine rings is 1. The summed E-state index contributed by atoms with van der Waals surface area (Å²) >= 11 is 0. The van der Waals surface area contributed by atoms with Crippen molar-refractivity contribution < 1.29 is 18.6 Å². The first-order chi connectivity index (χ1) is 20.4. The number of likely N-dealkylation sites (tertiary alicyclic amines) is 1. The van der Waals surface area contributed by atoms with Gasteiger partial charge in [0.1, 0.15) is 17.1 Å². The summed E-state index contributed by atoms with van der Waals surface area (Å²) in [6.45, 7) is 2.93. The van der Waals surface area contributed by atoms with Crippen molar-refractivity contribution in [2.24, 2.45) is 5.92 Å². The number of fused-ring (bicyclic) bond motifs is 1. The number of pyridine rings is 1. The van der Waals surface area contributed by atoms with Crippen molar-refractivity contribution in [2.45, 2.75) is 25.7 Å². The number of rotatable bonds is 9. The van der Waals surface area contributed by atoms with Gasteiger partial charge in [-0.05, 0) is 105 Å². The van der Waals surface area contributed by atoms with Gasteiger partial charge in [0, 0.05) is 23.9 Å². The molecule has 0 spiro atoms. The maximum atomic E-state index is 13.7. The highest BCUT2D eigenvalue weighted by molar-refractivity contribution is 5.94. The Morgan fingerprint density at radius 2 is 1.95 bits per heavy atom. The van der Waals surface area contributed by atoms with Crippen LogP contribution in [0, 0.1) is 11.7 Å². The number of ether oxygens (including phenoxy) is 1. The fourth-order valence-corrected chi connectivity index (χ4v) is 5.25. The molecule has 11 nitrogen and oxygen atoms in total. The topological polar surface area (TPSA) is 137 Å². The van der Waals surface area contributed by atoms with Crippen molar-refractivity contribution in [3.05, 3.63) is 72.2 Å². The summed E-state index contributed by atoms with van der Waals surface area (Å²) in [6, 6.07) is 14.6. The predicted octanol–water partition coefficient (Wildman–Crippen LogP) is 4.84. The second-order valence-electron chi connectivity index (χ2n) is 10.5. The Bertz CT molecular complexity index is 1690. The van der Waals surface area contributed by atoms with E-state index in [0.717, 1.165) is 31.8 Å². The average molecular weight is 571 g/mol. The molecule has 0 bridgehead atoms. The van der Waals surface area contributed by atoms with Crippen LogP contribution in [0.1, 0.15) is 36.0 Å². The third-order valence-corrected chi connectivity index (χ3v) is 7.56. The standard InChI is InChI=1S/C30H31FN8O3/c1-38-14-11-19(12-15-38)4-3-13-33-30(40)20-5-2-6-23(16-20)41-26-17-25-24(18-34-26)35-29(27-28(32)37-42-36-27)39(25)22-9-7-21(31)8-10-22/h2,5-10,16-19H,3-4,11-15H2,1H3,(H2,32,37)(H,33,40). The first kappa shape index (κ1) is 27.3. The maximum Gasteiger partial charge on any atom is 0.251 e. The lowest BCUT2D eigenvalue weighted by molar-refractivity contribution is 0.0951. The lowest BCUT2D eigenvalue weighted by atomic mass is 9.92. The molecule has 2 aromatic carbocycles. The van der Waals surface area contributed by atoms with E-state index in [-0.39, 0.29) is 29.1 Å². The highest BCUT2D eigenvalue weighted by Gasteiger charge is 2.22. The number of hydrogen-bond donors (Lipinski definition) is 2. The summed E-state index contributed by atoms with van der Waals surface area (Å²) in [5.41, 5.74) is 8.45. The SMILES string of the molecule is CN1CCC(CCCNC(=O)c2cccc(Oc3cc4c(cn3)nc(-c3nonc3N)n4-c3ccc(F)cc3)c2)CC1. The van der Waals surface area contributed by atoms with Gasteiger partial charge in [0.05, 0.1) is 11.7 Å². The number of amides is 1. The molecule has 1 fully saturated rings. The van der Waals surface area contributed by atoms with Crippen molar-refractivity contribution in [1.29, 1.82) is 0 Å². The monoisotopic (exact) mass is 570 g/mol. The van der Waals surface area contributed by atoms with Crippen LogP contribution < -0.4 is 15.8 Å². The number of aromatic nitrogens is 5. The minimum absolute atomic E-state index is 0.0648. The van der Waals surface area contributed by atoms with Crippen molar-refractivity contribution in [2.75, 3.05) is 32.4 Å². The molecule has 3 N–H and O–H groups in total. The van der Waals surface area contributed by atoms with Gasteiger partial charge in [-0.25, -0.2) is 19.0 Å². The zero-order valence-corrected chi connectivity index (χ0v) is 23.2. The van der Waals surface area contributed by atoms with Gasteiger partial charge in [-0.1, -0.05) is 6.07 Å². The smallest absolute Gasteiger partial charge is 0.251 e. The van der Waals surface area contributed by atoms with Crippen LogP contribution in [-0.4, -0.2) is 62.3 Å². The van der Waals surface area contributed by atoms with Gasteiger partial charge in [-0.3, -0.25) is 9.36 Å². The Labute approximate surface area is 241 Å². The summed E-state index contributed by atoms with van der Waals surface area (Å²) < 4.78 is 26.3. The van der Waals surface area contributed by atoms with E-state index in [2.05, 4.69) is 37.5 Å². The molecule has 1 amide bonds. The van der Waals surface area contributed by atoms with Gasteiger partial charge in [0.2, 0.25) is 5.88 Å². The van der Waals surface area contributed by atoms with E-state index in [1.54, 1.807) is 53.2 Å². The number of benzene rings is 2. The molecule has 0 aliphatic carbocycles. The highest BCUT2D eigenvalue weighted by Crippen LogP contribution is 2.32. The number of carbonyl (C=O) groups is 1. The number of nitrogens with one attached hydrogen (secondary N) is 1. The highest BCUT2D eigenvalue weighted by atomic mass is 19.1. The lowest BCUT2D eigenvalue weighted by Gasteiger charge is -2.28. The zero-order chi connectivity index (χ0) is 29.1. The molecule has 5 aromatic rings. The van der Waals surface area contributed by atoms with E-state index in [4.69, 9.17) is 15.1 Å². The fraction of sp³-hybridized carbons (Fsp3) is 0.300. The van der Waals surface area contributed by atoms with Crippen LogP contribution in [0.3, 0.4) is 0 Å². The van der Waals surface area contributed by atoms with Crippen LogP contribution in [0.4, 0.5) is 10.2 Å². The third-order valence-electron chi connectivity index (χ3n) is 7.56. The first-order valence-electron chi connectivity index (χ1n) is 13.9. The number of carbonyl (C=O) groups excluding carboxylic acids is 1. The van der Waals surface area contributed by atoms with Crippen molar-refractivity contribution in [3.8, 4) is 28.8 Å². The van der Waals surface area contributed by atoms with Gasteiger partial charge in [-0.2, -0.15) is 0 Å². The Hall–Kier alpha value is -4.84. The molecule has 0 atom stereocenters. The van der Waals surface area contributed by atoms with Crippen molar-refractivity contribution in [1.82, 2.24) is 35.1 Å². The summed E-state index contributed by atoms with van der Waals surface area (Å²) in [5, 5.41) is 10.6. The number of nitrogen functional groups attached to an aromatic ring is 1. The summed E-state index contributed by atoms with van der Waals surface area (Å²) in [7, 11) is 2.16. The number of nitrogens with two attached hydrogens (primary N) is 1. The molecule has 0 saturated carbocycles. The molecule has 0 unspecified atom stereocenters. The molecular weight excluding hydrogens is 539 g/mol. The van der Waals surface area contributed by atoms with E-state index >= 15 is 0 Å². The maximum absolute atomic E-state index is 13.7. The second-order valence-corrected chi connectivity index (χ2v) is 10.5. The minimum Gasteiger partial charge on any atom is -0.439 e. The van der Waals surface area contributed by atoms with Crippen LogP contribution in [0.5, 0.6) is 11.6 Å². The quantitative estimate of drug-likeness (QED) is 0.239. The number of anilines is 1. The van der Waals surface area contributed by atoms with E-state index in [9.17, 15) is 9.18 Å². The van der Waals surface area contributed by atoms with E-state index in [0.29, 0.717) is 40.4 Å². The molecular formula is C30H31FN8O3. The van der Waals surface area contributed by atoms with Crippen LogP contribution in [0.2, 0.25) is 0 Å².